The molecule has 2 aliphatic heterocycles. The van der Waals surface area contributed by atoms with E-state index in [1.807, 2.05) is 6.92 Å². The normalized spacial score (nSPS) is 45.8. The number of ether oxygens (including phenoxy) is 2. The maximum Gasteiger partial charge on any atom is 0.309 e. The zero-order valence-corrected chi connectivity index (χ0v) is 14.1. The van der Waals surface area contributed by atoms with E-state index >= 15 is 0 Å². The summed E-state index contributed by atoms with van der Waals surface area (Å²) in [6.45, 7) is 4.67. The predicted molar refractivity (Wildman–Crippen MR) is 81.4 cm³/mol. The highest BCUT2D eigenvalue weighted by Gasteiger charge is 2.58. The molecule has 1 aliphatic carbocycles. The molecule has 0 aromatic heterocycles. The van der Waals surface area contributed by atoms with E-state index in [4.69, 9.17) is 9.47 Å². The van der Waals surface area contributed by atoms with E-state index < -0.39 is 0 Å². The van der Waals surface area contributed by atoms with E-state index in [0.717, 1.165) is 19.3 Å². The van der Waals surface area contributed by atoms with Gasteiger partial charge in [-0.1, -0.05) is 36.4 Å². The van der Waals surface area contributed by atoms with Gasteiger partial charge in [0.25, 0.3) is 0 Å². The van der Waals surface area contributed by atoms with Gasteiger partial charge in [0, 0.05) is 27.6 Å². The van der Waals surface area contributed by atoms with E-state index in [1.54, 1.807) is 0 Å². The second kappa shape index (κ2) is 5.14. The Morgan fingerprint density at radius 3 is 2.70 bits per heavy atom. The second-order valence-corrected chi connectivity index (χ2v) is 8.58. The van der Waals surface area contributed by atoms with Crippen LogP contribution in [-0.4, -0.2) is 28.6 Å². The van der Waals surface area contributed by atoms with E-state index in [9.17, 15) is 9.59 Å². The van der Waals surface area contributed by atoms with Gasteiger partial charge in [0.2, 0.25) is 0 Å². The average Bonchev–Trinajstić information content (AvgIpc) is 2.68. The van der Waals surface area contributed by atoms with Crippen LogP contribution in [0.5, 0.6) is 0 Å². The molecule has 2 saturated heterocycles. The van der Waals surface area contributed by atoms with Crippen LogP contribution < -0.4 is 0 Å². The van der Waals surface area contributed by atoms with Crippen LogP contribution in [0.4, 0.5) is 0 Å². The van der Waals surface area contributed by atoms with Crippen LogP contribution in [0.2, 0.25) is 0 Å². The quantitative estimate of drug-likeness (QED) is 0.391. The van der Waals surface area contributed by atoms with E-state index in [2.05, 4.69) is 29.5 Å². The highest BCUT2D eigenvalue weighted by molar-refractivity contribution is 14.1. The first-order valence-electron chi connectivity index (χ1n) is 7.45. The van der Waals surface area contributed by atoms with Crippen molar-refractivity contribution in [1.29, 1.82) is 0 Å². The molecule has 1 spiro atoms. The van der Waals surface area contributed by atoms with Gasteiger partial charge in [0.05, 0.1) is 12.5 Å². The Morgan fingerprint density at radius 2 is 2.10 bits per heavy atom. The fourth-order valence-corrected chi connectivity index (χ4v) is 5.61. The molecule has 3 aliphatic rings. The van der Waals surface area contributed by atoms with Crippen LogP contribution in [0.1, 0.15) is 39.5 Å². The lowest BCUT2D eigenvalue weighted by atomic mass is 9.58. The highest BCUT2D eigenvalue weighted by atomic mass is 127. The molecule has 6 atom stereocenters. The molecule has 0 bridgehead atoms. The highest BCUT2D eigenvalue weighted by Crippen LogP contribution is 2.55. The molecular weight excluding hydrogens is 371 g/mol. The van der Waals surface area contributed by atoms with Crippen LogP contribution in [0.3, 0.4) is 0 Å². The SMILES string of the molecule is CC(I)[C@@H]1[C@H]2OC(=O)[C@@H](C)C2CC[C@@]12CCC(=O)OC2. The summed E-state index contributed by atoms with van der Waals surface area (Å²) < 4.78 is 11.5. The van der Waals surface area contributed by atoms with Crippen molar-refractivity contribution in [3.05, 3.63) is 0 Å². The lowest BCUT2D eigenvalue weighted by molar-refractivity contribution is -0.169. The fourth-order valence-electron chi connectivity index (χ4n) is 4.44. The molecule has 2 unspecified atom stereocenters. The summed E-state index contributed by atoms with van der Waals surface area (Å²) >= 11 is 2.44. The summed E-state index contributed by atoms with van der Waals surface area (Å²) in [6.07, 6.45) is 3.43. The molecular formula is C15H21IO4. The minimum absolute atomic E-state index is 0.00921. The van der Waals surface area contributed by atoms with Gasteiger partial charge in [-0.25, -0.2) is 0 Å². The van der Waals surface area contributed by atoms with Gasteiger partial charge in [0.15, 0.2) is 0 Å². The molecule has 2 heterocycles. The smallest absolute Gasteiger partial charge is 0.309 e. The molecule has 5 heteroatoms. The maximum atomic E-state index is 11.9. The molecule has 0 radical (unpaired) electrons. The lowest BCUT2D eigenvalue weighted by Crippen LogP contribution is -2.53. The van der Waals surface area contributed by atoms with Crippen molar-refractivity contribution < 1.29 is 19.1 Å². The van der Waals surface area contributed by atoms with Crippen LogP contribution >= 0.6 is 22.6 Å². The van der Waals surface area contributed by atoms with Crippen molar-refractivity contribution in [1.82, 2.24) is 0 Å². The molecule has 0 N–H and O–H groups in total. The number of carbonyl (C=O) groups excluding carboxylic acids is 2. The monoisotopic (exact) mass is 392 g/mol. The molecule has 20 heavy (non-hydrogen) atoms. The number of hydrogen-bond acceptors (Lipinski definition) is 4. The van der Waals surface area contributed by atoms with Crippen LogP contribution in [0.25, 0.3) is 0 Å². The summed E-state index contributed by atoms with van der Waals surface area (Å²) in [6, 6.07) is 0. The molecule has 0 aromatic rings. The number of carbonyl (C=O) groups is 2. The topological polar surface area (TPSA) is 52.6 Å². The Labute approximate surface area is 133 Å². The molecule has 3 fully saturated rings. The molecule has 112 valence electrons. The summed E-state index contributed by atoms with van der Waals surface area (Å²) in [5, 5.41) is 0. The Hall–Kier alpha value is -0.330. The number of rotatable bonds is 1. The van der Waals surface area contributed by atoms with E-state index in [1.165, 1.54) is 0 Å². The molecule has 0 aromatic carbocycles. The van der Waals surface area contributed by atoms with Crippen molar-refractivity contribution in [2.24, 2.45) is 23.2 Å². The Bertz CT molecular complexity index is 424. The molecule has 4 nitrogen and oxygen atoms in total. The summed E-state index contributed by atoms with van der Waals surface area (Å²) in [5.41, 5.74) is 0.0139. The third-order valence-corrected chi connectivity index (χ3v) is 6.34. The van der Waals surface area contributed by atoms with Gasteiger partial charge < -0.3 is 9.47 Å². The van der Waals surface area contributed by atoms with Crippen LogP contribution in [0.15, 0.2) is 0 Å². The zero-order chi connectivity index (χ0) is 14.5. The summed E-state index contributed by atoms with van der Waals surface area (Å²) in [5.74, 6) is 0.513. The molecule has 3 rings (SSSR count). The van der Waals surface area contributed by atoms with Crippen LogP contribution in [0, 0.1) is 23.2 Å². The average molecular weight is 392 g/mol. The Balaban J connectivity index is 1.90. The first-order chi connectivity index (χ1) is 9.44. The van der Waals surface area contributed by atoms with E-state index in [-0.39, 0.29) is 29.4 Å². The van der Waals surface area contributed by atoms with Crippen molar-refractivity contribution in [3.8, 4) is 0 Å². The van der Waals surface area contributed by atoms with Crippen molar-refractivity contribution >= 4 is 34.5 Å². The number of cyclic esters (lactones) is 1. The largest absolute Gasteiger partial charge is 0.465 e. The molecule has 0 amide bonds. The van der Waals surface area contributed by atoms with E-state index in [0.29, 0.717) is 28.8 Å². The first kappa shape index (κ1) is 14.6. The lowest BCUT2D eigenvalue weighted by Gasteiger charge is -2.51. The van der Waals surface area contributed by atoms with Gasteiger partial charge >= 0.3 is 11.9 Å². The predicted octanol–water partition coefficient (Wildman–Crippen LogP) is 2.72. The minimum atomic E-state index is -0.0885. The van der Waals surface area contributed by atoms with Crippen LogP contribution in [-0.2, 0) is 19.1 Å². The van der Waals surface area contributed by atoms with Crippen molar-refractivity contribution in [3.63, 3.8) is 0 Å². The number of hydrogen-bond donors (Lipinski definition) is 0. The van der Waals surface area contributed by atoms with Crippen molar-refractivity contribution in [2.75, 3.05) is 6.61 Å². The van der Waals surface area contributed by atoms with Crippen molar-refractivity contribution in [2.45, 2.75) is 49.6 Å². The maximum absolute atomic E-state index is 11.9. The number of esters is 2. The van der Waals surface area contributed by atoms with Gasteiger partial charge in [0.1, 0.15) is 6.10 Å². The summed E-state index contributed by atoms with van der Waals surface area (Å²) in [7, 11) is 0. The standard InChI is InChI=1S/C15H21IO4/c1-8-10-3-5-15(6-4-11(17)19-7-15)12(9(2)16)13(10)20-14(8)18/h8-10,12-13H,3-7H2,1-2H3/t8-,9?,10?,12+,13-,15-/m0/s1. The molecule has 1 saturated carbocycles. The zero-order valence-electron chi connectivity index (χ0n) is 11.9. The number of fused-ring (bicyclic) bond motifs is 1. The number of alkyl halides is 1. The number of halogens is 1. The van der Waals surface area contributed by atoms with Gasteiger partial charge in [-0.2, -0.15) is 0 Å². The van der Waals surface area contributed by atoms with Gasteiger partial charge in [-0.3, -0.25) is 9.59 Å². The fraction of sp³-hybridized carbons (Fsp3) is 0.867. The second-order valence-electron chi connectivity index (χ2n) is 6.62. The third-order valence-electron chi connectivity index (χ3n) is 5.57. The van der Waals surface area contributed by atoms with Gasteiger partial charge in [-0.15, -0.1) is 0 Å². The third kappa shape index (κ3) is 2.16. The Morgan fingerprint density at radius 1 is 1.35 bits per heavy atom. The minimum Gasteiger partial charge on any atom is -0.465 e. The summed E-state index contributed by atoms with van der Waals surface area (Å²) in [4.78, 5) is 23.3. The first-order valence-corrected chi connectivity index (χ1v) is 8.69. The Kier molecular flexibility index (Phi) is 3.75. The van der Waals surface area contributed by atoms with Gasteiger partial charge in [-0.05, 0) is 19.3 Å².